The van der Waals surface area contributed by atoms with E-state index >= 15 is 0 Å². The van der Waals surface area contributed by atoms with Crippen molar-refractivity contribution in [3.63, 3.8) is 0 Å². The molecule has 206 valence electrons. The number of pyridine rings is 1. The Balaban J connectivity index is 1.23. The van der Waals surface area contributed by atoms with Crippen LogP contribution in [-0.4, -0.2) is 10.7 Å². The van der Waals surface area contributed by atoms with Crippen LogP contribution in [0.4, 0.5) is 0 Å². The number of allylic oxidation sites excluding steroid dienone is 2. The highest BCUT2D eigenvalue weighted by molar-refractivity contribution is 6.21. The van der Waals surface area contributed by atoms with Crippen LogP contribution < -0.4 is 0 Å². The minimum absolute atomic E-state index is 0.999. The van der Waals surface area contributed by atoms with Gasteiger partial charge in [0.2, 0.25) is 0 Å². The number of aliphatic imine (C=N–C) groups is 1. The summed E-state index contributed by atoms with van der Waals surface area (Å²) in [4.78, 5) is 9.27. The fraction of sp³-hybridized carbons (Fsp3) is 0.122. The molecule has 2 nitrogen and oxygen atoms in total. The summed E-state index contributed by atoms with van der Waals surface area (Å²) in [7, 11) is 0. The first-order valence-corrected chi connectivity index (χ1v) is 15.3. The Morgan fingerprint density at radius 3 is 1.88 bits per heavy atom. The topological polar surface area (TPSA) is 25.2 Å². The van der Waals surface area contributed by atoms with E-state index in [1.54, 1.807) is 0 Å². The van der Waals surface area contributed by atoms with Crippen molar-refractivity contribution in [2.75, 3.05) is 0 Å². The number of hydrogen-bond acceptors (Lipinski definition) is 2. The van der Waals surface area contributed by atoms with Crippen LogP contribution in [-0.2, 0) is 6.42 Å². The first kappa shape index (κ1) is 25.6. The summed E-state index contributed by atoms with van der Waals surface area (Å²) in [5.74, 6) is 0. The van der Waals surface area contributed by atoms with Crippen molar-refractivity contribution in [3.05, 3.63) is 149 Å². The largest absolute Gasteiger partial charge is 0.265 e. The highest BCUT2D eigenvalue weighted by Crippen LogP contribution is 2.44. The molecule has 0 atom stereocenters. The molecule has 0 radical (unpaired) electrons. The molecule has 2 heteroatoms. The van der Waals surface area contributed by atoms with Crippen molar-refractivity contribution >= 4 is 39.0 Å². The van der Waals surface area contributed by atoms with Crippen LogP contribution >= 0.6 is 0 Å². The quantitative estimate of drug-likeness (QED) is 0.200. The standard InChI is InChI=1S/C41H32N2/c1-27-13-15-29(16-14-27)40-34-7-2-4-9-36(34)41(37-10-5-3-8-35(37)40)33-20-18-30-25-32(19-17-31(30)26-33)39-12-6-11-38(43-39)28-21-23-42-24-22-28/h2-5,7-11,13-16,18,20-26H,6,12,17,19H2,1H3. The summed E-state index contributed by atoms with van der Waals surface area (Å²) in [6.45, 7) is 2.15. The van der Waals surface area contributed by atoms with Gasteiger partial charge in [-0.25, -0.2) is 0 Å². The van der Waals surface area contributed by atoms with Crippen LogP contribution in [0.15, 0.2) is 132 Å². The van der Waals surface area contributed by atoms with Crippen molar-refractivity contribution < 1.29 is 0 Å². The van der Waals surface area contributed by atoms with E-state index in [1.807, 2.05) is 24.5 Å². The number of benzene rings is 5. The zero-order valence-corrected chi connectivity index (χ0v) is 24.3. The van der Waals surface area contributed by atoms with Crippen molar-refractivity contribution in [1.82, 2.24) is 4.98 Å². The van der Waals surface area contributed by atoms with E-state index in [2.05, 4.69) is 115 Å². The van der Waals surface area contributed by atoms with E-state index in [0.717, 1.165) is 36.9 Å². The van der Waals surface area contributed by atoms with Gasteiger partial charge < -0.3 is 0 Å². The molecule has 0 unspecified atom stereocenters. The summed E-state index contributed by atoms with van der Waals surface area (Å²) in [6, 6.07) is 38.0. The Labute approximate surface area is 252 Å². The van der Waals surface area contributed by atoms with Gasteiger partial charge in [0.05, 0.1) is 5.70 Å². The molecule has 1 aromatic heterocycles. The molecule has 0 amide bonds. The van der Waals surface area contributed by atoms with E-state index in [-0.39, 0.29) is 0 Å². The lowest BCUT2D eigenvalue weighted by molar-refractivity contribution is 0.942. The third-order valence-electron chi connectivity index (χ3n) is 9.02. The molecule has 8 rings (SSSR count). The van der Waals surface area contributed by atoms with Gasteiger partial charge in [0.1, 0.15) is 0 Å². The van der Waals surface area contributed by atoms with Crippen LogP contribution in [0, 0.1) is 6.92 Å². The third kappa shape index (κ3) is 4.60. The molecule has 0 bridgehead atoms. The highest BCUT2D eigenvalue weighted by Gasteiger charge is 2.20. The summed E-state index contributed by atoms with van der Waals surface area (Å²) in [5, 5.41) is 5.20. The fourth-order valence-electron chi connectivity index (χ4n) is 6.88. The van der Waals surface area contributed by atoms with Gasteiger partial charge in [0.15, 0.2) is 0 Å². The third-order valence-corrected chi connectivity index (χ3v) is 9.02. The first-order chi connectivity index (χ1) is 21.2. The summed E-state index contributed by atoms with van der Waals surface area (Å²) in [5.41, 5.74) is 14.0. The fourth-order valence-corrected chi connectivity index (χ4v) is 6.88. The maximum Gasteiger partial charge on any atom is 0.0666 e. The molecule has 0 saturated heterocycles. The summed E-state index contributed by atoms with van der Waals surface area (Å²) in [6.07, 6.45) is 12.4. The van der Waals surface area contributed by atoms with Gasteiger partial charge in [-0.15, -0.1) is 0 Å². The van der Waals surface area contributed by atoms with Crippen molar-refractivity contribution in [2.24, 2.45) is 4.99 Å². The van der Waals surface area contributed by atoms with E-state index < -0.39 is 0 Å². The van der Waals surface area contributed by atoms with Crippen molar-refractivity contribution in [3.8, 4) is 22.3 Å². The minimum atomic E-state index is 0.999. The normalized spacial score (nSPS) is 14.7. The van der Waals surface area contributed by atoms with Crippen LogP contribution in [0.3, 0.4) is 0 Å². The second kappa shape index (κ2) is 10.6. The molecule has 6 aromatic rings. The first-order valence-electron chi connectivity index (χ1n) is 15.3. The number of nitrogens with zero attached hydrogens (tertiary/aromatic N) is 2. The van der Waals surface area contributed by atoms with Crippen LogP contribution in [0.5, 0.6) is 0 Å². The summed E-state index contributed by atoms with van der Waals surface area (Å²) >= 11 is 0. The molecular weight excluding hydrogens is 520 g/mol. The Bertz CT molecular complexity index is 2060. The predicted octanol–water partition coefficient (Wildman–Crippen LogP) is 10.6. The number of aryl methyl sites for hydroxylation is 2. The second-order valence-electron chi connectivity index (χ2n) is 11.7. The molecule has 2 heterocycles. The van der Waals surface area contributed by atoms with E-state index in [9.17, 15) is 0 Å². The average Bonchev–Trinajstić information content (AvgIpc) is 3.07. The van der Waals surface area contributed by atoms with Crippen LogP contribution in [0.1, 0.15) is 41.5 Å². The smallest absolute Gasteiger partial charge is 0.0666 e. The van der Waals surface area contributed by atoms with Crippen molar-refractivity contribution in [1.29, 1.82) is 0 Å². The lowest BCUT2D eigenvalue weighted by atomic mass is 9.83. The van der Waals surface area contributed by atoms with Crippen LogP contribution in [0.25, 0.3) is 55.6 Å². The van der Waals surface area contributed by atoms with Gasteiger partial charge >= 0.3 is 0 Å². The van der Waals surface area contributed by atoms with E-state index in [0.29, 0.717) is 0 Å². The Morgan fingerprint density at radius 1 is 0.581 bits per heavy atom. The molecule has 0 saturated carbocycles. The van der Waals surface area contributed by atoms with Gasteiger partial charge in [-0.05, 0) is 111 Å². The molecular formula is C41H32N2. The lowest BCUT2D eigenvalue weighted by Gasteiger charge is -2.22. The SMILES string of the molecule is Cc1ccc(-c2c3ccccc3c(-c3ccc4c(c3)CCC(C3=NC(c5ccncc5)=CCC3)=C4)c3ccccc23)cc1. The number of aromatic nitrogens is 1. The maximum absolute atomic E-state index is 5.10. The summed E-state index contributed by atoms with van der Waals surface area (Å²) < 4.78 is 0. The Hall–Kier alpha value is -5.08. The van der Waals surface area contributed by atoms with E-state index in [4.69, 9.17) is 4.99 Å². The number of fused-ring (bicyclic) bond motifs is 3. The zero-order valence-electron chi connectivity index (χ0n) is 24.3. The molecule has 1 aliphatic heterocycles. The molecule has 2 aliphatic rings. The van der Waals surface area contributed by atoms with E-state index in [1.165, 1.54) is 71.8 Å². The lowest BCUT2D eigenvalue weighted by Crippen LogP contribution is -2.11. The maximum atomic E-state index is 5.10. The minimum Gasteiger partial charge on any atom is -0.265 e. The molecule has 0 fully saturated rings. The molecule has 0 spiro atoms. The predicted molar refractivity (Wildman–Crippen MR) is 182 cm³/mol. The molecule has 5 aromatic carbocycles. The van der Waals surface area contributed by atoms with Gasteiger partial charge in [0, 0.05) is 23.7 Å². The zero-order chi connectivity index (χ0) is 28.8. The Morgan fingerprint density at radius 2 is 1.21 bits per heavy atom. The van der Waals surface area contributed by atoms with Crippen molar-refractivity contribution in [2.45, 2.75) is 32.6 Å². The van der Waals surface area contributed by atoms with Gasteiger partial charge in [-0.3, -0.25) is 9.98 Å². The number of rotatable bonds is 4. The van der Waals surface area contributed by atoms with Gasteiger partial charge in [0.25, 0.3) is 0 Å². The molecule has 43 heavy (non-hydrogen) atoms. The molecule has 0 N–H and O–H groups in total. The molecule has 1 aliphatic carbocycles. The Kier molecular flexibility index (Phi) is 6.34. The second-order valence-corrected chi connectivity index (χ2v) is 11.7. The monoisotopic (exact) mass is 552 g/mol. The van der Waals surface area contributed by atoms with Gasteiger partial charge in [-0.1, -0.05) is 103 Å². The van der Waals surface area contributed by atoms with Crippen LogP contribution in [0.2, 0.25) is 0 Å². The highest BCUT2D eigenvalue weighted by atomic mass is 14.8. The average molecular weight is 553 g/mol. The number of hydrogen-bond donors (Lipinski definition) is 0. The van der Waals surface area contributed by atoms with Gasteiger partial charge in [-0.2, -0.15) is 0 Å².